The van der Waals surface area contributed by atoms with Gasteiger partial charge in [-0.2, -0.15) is 0 Å². The molecule has 0 saturated heterocycles. The van der Waals surface area contributed by atoms with Crippen LogP contribution < -0.4 is 5.32 Å². The van der Waals surface area contributed by atoms with E-state index >= 15 is 0 Å². The first-order valence-corrected chi connectivity index (χ1v) is 6.95. The molecule has 94 valence electrons. The minimum Gasteiger partial charge on any atom is -0.396 e. The van der Waals surface area contributed by atoms with Crippen LogP contribution >= 0.6 is 11.8 Å². The molecule has 0 spiro atoms. The number of rotatable bonds is 6. The number of hydrogen-bond acceptors (Lipinski definition) is 5. The highest BCUT2D eigenvalue weighted by molar-refractivity contribution is 7.99. The van der Waals surface area contributed by atoms with Crippen molar-refractivity contribution >= 4 is 17.6 Å². The van der Waals surface area contributed by atoms with Crippen molar-refractivity contribution in [1.82, 2.24) is 9.97 Å². The molecule has 1 aliphatic carbocycles. The fraction of sp³-hybridized carbons (Fsp3) is 0.667. The maximum atomic E-state index is 8.91. The van der Waals surface area contributed by atoms with E-state index in [2.05, 4.69) is 22.2 Å². The molecular formula is C12H19N3OS. The van der Waals surface area contributed by atoms with Crippen LogP contribution in [0, 0.1) is 0 Å². The standard InChI is InChI=1S/C12H19N3OS/c1-8(5-6-16)17-11-7-10(13-2)14-12(15-11)9-3-4-9/h7-9,16H,3-6H2,1-2H3,(H,13,14,15). The molecule has 0 aliphatic heterocycles. The van der Waals surface area contributed by atoms with E-state index in [9.17, 15) is 0 Å². The van der Waals surface area contributed by atoms with E-state index in [1.165, 1.54) is 12.8 Å². The molecule has 0 bridgehead atoms. The second-order valence-corrected chi connectivity index (χ2v) is 5.87. The lowest BCUT2D eigenvalue weighted by molar-refractivity contribution is 0.289. The lowest BCUT2D eigenvalue weighted by Crippen LogP contribution is -2.03. The molecule has 1 unspecified atom stereocenters. The fourth-order valence-electron chi connectivity index (χ4n) is 1.60. The first-order valence-electron chi connectivity index (χ1n) is 6.07. The van der Waals surface area contributed by atoms with Crippen LogP contribution in [0.3, 0.4) is 0 Å². The molecule has 4 nitrogen and oxygen atoms in total. The van der Waals surface area contributed by atoms with Crippen LogP contribution in [0.4, 0.5) is 5.82 Å². The van der Waals surface area contributed by atoms with E-state index in [1.54, 1.807) is 11.8 Å². The Morgan fingerprint density at radius 2 is 2.29 bits per heavy atom. The third kappa shape index (κ3) is 3.57. The van der Waals surface area contributed by atoms with Crippen LogP contribution in [0.15, 0.2) is 11.1 Å². The number of thioether (sulfide) groups is 1. The number of anilines is 1. The molecule has 1 atom stereocenters. The molecule has 1 fully saturated rings. The smallest absolute Gasteiger partial charge is 0.135 e. The minimum absolute atomic E-state index is 0.230. The lowest BCUT2D eigenvalue weighted by atomic mass is 10.3. The summed E-state index contributed by atoms with van der Waals surface area (Å²) in [5.74, 6) is 2.42. The third-order valence-electron chi connectivity index (χ3n) is 2.78. The molecule has 5 heteroatoms. The van der Waals surface area contributed by atoms with Crippen LogP contribution in [0.5, 0.6) is 0 Å². The predicted molar refractivity (Wildman–Crippen MR) is 70.6 cm³/mol. The van der Waals surface area contributed by atoms with Gasteiger partial charge in [0.1, 0.15) is 16.7 Å². The molecule has 1 saturated carbocycles. The fourth-order valence-corrected chi connectivity index (χ4v) is 2.56. The topological polar surface area (TPSA) is 58.0 Å². The molecule has 17 heavy (non-hydrogen) atoms. The quantitative estimate of drug-likeness (QED) is 0.601. The van der Waals surface area contributed by atoms with Gasteiger partial charge in [0.05, 0.1) is 0 Å². The summed E-state index contributed by atoms with van der Waals surface area (Å²) in [6.45, 7) is 2.34. The van der Waals surface area contributed by atoms with Gasteiger partial charge in [0, 0.05) is 30.9 Å². The molecular weight excluding hydrogens is 234 g/mol. The summed E-state index contributed by atoms with van der Waals surface area (Å²) in [6, 6.07) is 1.98. The number of aliphatic hydroxyl groups is 1. The van der Waals surface area contributed by atoms with Crippen molar-refractivity contribution < 1.29 is 5.11 Å². The third-order valence-corrected chi connectivity index (χ3v) is 3.86. The average molecular weight is 253 g/mol. The van der Waals surface area contributed by atoms with E-state index in [1.807, 2.05) is 13.1 Å². The molecule has 1 aromatic heterocycles. The second kappa shape index (κ2) is 5.69. The van der Waals surface area contributed by atoms with Crippen molar-refractivity contribution in [2.45, 2.75) is 42.4 Å². The van der Waals surface area contributed by atoms with Crippen LogP contribution in [-0.2, 0) is 0 Å². The highest BCUT2D eigenvalue weighted by atomic mass is 32.2. The van der Waals surface area contributed by atoms with E-state index in [4.69, 9.17) is 5.11 Å². The number of hydrogen-bond donors (Lipinski definition) is 2. The van der Waals surface area contributed by atoms with Gasteiger partial charge in [0.25, 0.3) is 0 Å². The average Bonchev–Trinajstić information content (AvgIpc) is 3.12. The predicted octanol–water partition coefficient (Wildman–Crippen LogP) is 2.26. The largest absolute Gasteiger partial charge is 0.396 e. The highest BCUT2D eigenvalue weighted by Crippen LogP contribution is 2.39. The van der Waals surface area contributed by atoms with Gasteiger partial charge in [0.15, 0.2) is 0 Å². The lowest BCUT2D eigenvalue weighted by Gasteiger charge is -2.11. The van der Waals surface area contributed by atoms with E-state index < -0.39 is 0 Å². The van der Waals surface area contributed by atoms with Gasteiger partial charge in [-0.15, -0.1) is 11.8 Å². The van der Waals surface area contributed by atoms with Crippen LogP contribution in [0.1, 0.15) is 37.9 Å². The Bertz CT molecular complexity index is 382. The molecule has 0 amide bonds. The summed E-state index contributed by atoms with van der Waals surface area (Å²) in [5.41, 5.74) is 0. The zero-order valence-electron chi connectivity index (χ0n) is 10.3. The summed E-state index contributed by atoms with van der Waals surface area (Å²) in [7, 11) is 1.88. The van der Waals surface area contributed by atoms with Gasteiger partial charge >= 0.3 is 0 Å². The summed E-state index contributed by atoms with van der Waals surface area (Å²) < 4.78 is 0. The molecule has 0 aromatic carbocycles. The van der Waals surface area contributed by atoms with Gasteiger partial charge in [0.2, 0.25) is 0 Å². The van der Waals surface area contributed by atoms with Gasteiger partial charge in [-0.05, 0) is 19.3 Å². The maximum Gasteiger partial charge on any atom is 0.135 e. The SMILES string of the molecule is CNc1cc(SC(C)CCO)nc(C2CC2)n1. The van der Waals surface area contributed by atoms with Crippen molar-refractivity contribution in [3.05, 3.63) is 11.9 Å². The van der Waals surface area contributed by atoms with Crippen LogP contribution in [-0.4, -0.2) is 34.0 Å². The number of aromatic nitrogens is 2. The van der Waals surface area contributed by atoms with Crippen molar-refractivity contribution in [1.29, 1.82) is 0 Å². The van der Waals surface area contributed by atoms with Gasteiger partial charge in [-0.1, -0.05) is 6.92 Å². The van der Waals surface area contributed by atoms with Crippen LogP contribution in [0.2, 0.25) is 0 Å². The summed E-state index contributed by atoms with van der Waals surface area (Å²) >= 11 is 1.71. The Kier molecular flexibility index (Phi) is 4.23. The summed E-state index contributed by atoms with van der Waals surface area (Å²) in [4.78, 5) is 9.08. The maximum absolute atomic E-state index is 8.91. The second-order valence-electron chi connectivity index (χ2n) is 4.41. The number of nitrogens with one attached hydrogen (secondary N) is 1. The van der Waals surface area contributed by atoms with Gasteiger partial charge in [-0.3, -0.25) is 0 Å². The molecule has 0 radical (unpaired) electrons. The van der Waals surface area contributed by atoms with Crippen LogP contribution in [0.25, 0.3) is 0 Å². The Morgan fingerprint density at radius 3 is 2.88 bits per heavy atom. The van der Waals surface area contributed by atoms with Gasteiger partial charge in [-0.25, -0.2) is 9.97 Å². The highest BCUT2D eigenvalue weighted by Gasteiger charge is 2.27. The number of nitrogens with zero attached hydrogens (tertiary/aromatic N) is 2. The Balaban J connectivity index is 2.11. The van der Waals surface area contributed by atoms with E-state index in [0.29, 0.717) is 11.2 Å². The Morgan fingerprint density at radius 1 is 1.53 bits per heavy atom. The number of aliphatic hydroxyl groups excluding tert-OH is 1. The zero-order chi connectivity index (χ0) is 12.3. The molecule has 1 aliphatic rings. The molecule has 2 rings (SSSR count). The van der Waals surface area contributed by atoms with Crippen molar-refractivity contribution in [2.75, 3.05) is 19.0 Å². The van der Waals surface area contributed by atoms with Crippen molar-refractivity contribution in [2.24, 2.45) is 0 Å². The summed E-state index contributed by atoms with van der Waals surface area (Å²) in [6.07, 6.45) is 3.22. The van der Waals surface area contributed by atoms with Gasteiger partial charge < -0.3 is 10.4 Å². The normalized spacial score (nSPS) is 16.9. The zero-order valence-corrected chi connectivity index (χ0v) is 11.1. The Labute approximate surface area is 106 Å². The van der Waals surface area contributed by atoms with E-state index in [-0.39, 0.29) is 6.61 Å². The molecule has 1 heterocycles. The molecule has 1 aromatic rings. The van der Waals surface area contributed by atoms with E-state index in [0.717, 1.165) is 23.1 Å². The first-order chi connectivity index (χ1) is 8.22. The van der Waals surface area contributed by atoms with Crippen molar-refractivity contribution in [3.8, 4) is 0 Å². The van der Waals surface area contributed by atoms with Crippen molar-refractivity contribution in [3.63, 3.8) is 0 Å². The summed E-state index contributed by atoms with van der Waals surface area (Å²) in [5, 5.41) is 13.4. The molecule has 2 N–H and O–H groups in total. The Hall–Kier alpha value is -0.810. The monoisotopic (exact) mass is 253 g/mol. The minimum atomic E-state index is 0.230. The first kappa shape index (κ1) is 12.6.